The highest BCUT2D eigenvalue weighted by Gasteiger charge is 2.43. The molecule has 3 aliphatic heterocycles. The standard InChI is InChI=1S/C33H32F3N5O2/c1-39-21-37-38-30(39)15-32(19-43-20-32)25-8-5-9-26(14-25)41-18-28-27(31(41)42)12-22(13-29(28)33(34,35)36)16-40-11-10-24(17-40)23-6-3-2-4-7-23/h2-9,12-14,21,24H,10-11,15-20H2,1H3/t24-/m1/s1. The number of amides is 1. The van der Waals surface area contributed by atoms with Crippen molar-refractivity contribution >= 4 is 11.6 Å². The van der Waals surface area contributed by atoms with E-state index in [2.05, 4.69) is 27.2 Å². The van der Waals surface area contributed by atoms with Gasteiger partial charge in [-0.15, -0.1) is 10.2 Å². The van der Waals surface area contributed by atoms with E-state index in [1.54, 1.807) is 18.5 Å². The Labute approximate surface area is 247 Å². The maximum atomic E-state index is 14.4. The third kappa shape index (κ3) is 5.12. The minimum absolute atomic E-state index is 0.0380. The summed E-state index contributed by atoms with van der Waals surface area (Å²) in [7, 11) is 1.89. The van der Waals surface area contributed by atoms with Gasteiger partial charge in [0, 0.05) is 43.2 Å². The predicted octanol–water partition coefficient (Wildman–Crippen LogP) is 5.49. The topological polar surface area (TPSA) is 63.5 Å². The van der Waals surface area contributed by atoms with Gasteiger partial charge in [-0.1, -0.05) is 42.5 Å². The van der Waals surface area contributed by atoms with Gasteiger partial charge in [0.2, 0.25) is 0 Å². The third-order valence-electron chi connectivity index (χ3n) is 9.18. The number of carbonyl (C=O) groups excluding carboxylic acids is 1. The van der Waals surface area contributed by atoms with Crippen molar-refractivity contribution in [3.05, 3.63) is 112 Å². The number of likely N-dealkylation sites (tertiary alicyclic amines) is 1. The maximum absolute atomic E-state index is 14.4. The average molecular weight is 588 g/mol. The number of aromatic nitrogens is 3. The van der Waals surface area contributed by atoms with Crippen LogP contribution < -0.4 is 4.90 Å². The zero-order valence-electron chi connectivity index (χ0n) is 23.8. The average Bonchev–Trinajstić information content (AvgIpc) is 3.70. The zero-order valence-corrected chi connectivity index (χ0v) is 23.8. The molecule has 4 aromatic rings. The zero-order chi connectivity index (χ0) is 29.8. The number of nitrogens with zero attached hydrogens (tertiary/aromatic N) is 5. The summed E-state index contributed by atoms with van der Waals surface area (Å²) in [4.78, 5) is 17.4. The molecular weight excluding hydrogens is 555 g/mol. The van der Waals surface area contributed by atoms with Gasteiger partial charge in [-0.25, -0.2) is 0 Å². The summed E-state index contributed by atoms with van der Waals surface area (Å²) in [6, 6.07) is 20.6. The molecule has 222 valence electrons. The van der Waals surface area contributed by atoms with Gasteiger partial charge in [-0.05, 0) is 65.4 Å². The quantitative estimate of drug-likeness (QED) is 0.286. The molecule has 7 rings (SSSR count). The molecule has 3 aliphatic rings. The first-order valence-electron chi connectivity index (χ1n) is 14.5. The van der Waals surface area contributed by atoms with Gasteiger partial charge in [0.05, 0.1) is 25.3 Å². The Kier molecular flexibility index (Phi) is 6.85. The number of benzene rings is 3. The number of aryl methyl sites for hydroxylation is 1. The highest BCUT2D eigenvalue weighted by molar-refractivity contribution is 6.10. The second kappa shape index (κ2) is 10.6. The molecule has 2 fully saturated rings. The van der Waals surface area contributed by atoms with Gasteiger partial charge in [-0.3, -0.25) is 9.69 Å². The number of ether oxygens (including phenoxy) is 1. The molecule has 0 N–H and O–H groups in total. The Morgan fingerprint density at radius 3 is 2.56 bits per heavy atom. The third-order valence-corrected chi connectivity index (χ3v) is 9.18. The van der Waals surface area contributed by atoms with Crippen molar-refractivity contribution in [3.8, 4) is 0 Å². The smallest absolute Gasteiger partial charge is 0.379 e. The van der Waals surface area contributed by atoms with Gasteiger partial charge in [0.1, 0.15) is 12.2 Å². The first-order valence-corrected chi connectivity index (χ1v) is 14.5. The van der Waals surface area contributed by atoms with E-state index < -0.39 is 17.6 Å². The molecule has 3 aromatic carbocycles. The number of carbonyl (C=O) groups is 1. The lowest BCUT2D eigenvalue weighted by Gasteiger charge is -2.42. The molecule has 4 heterocycles. The lowest BCUT2D eigenvalue weighted by atomic mass is 9.75. The fraction of sp³-hybridized carbons (Fsp3) is 0.364. The fourth-order valence-corrected chi connectivity index (χ4v) is 6.75. The Morgan fingerprint density at radius 1 is 1.05 bits per heavy atom. The molecular formula is C33H32F3N5O2. The van der Waals surface area contributed by atoms with Gasteiger partial charge in [-0.2, -0.15) is 13.2 Å². The van der Waals surface area contributed by atoms with Crippen LogP contribution in [0.1, 0.15) is 56.3 Å². The highest BCUT2D eigenvalue weighted by atomic mass is 19.4. The molecule has 1 atom stereocenters. The molecule has 10 heteroatoms. The minimum atomic E-state index is -4.57. The van der Waals surface area contributed by atoms with Crippen molar-refractivity contribution in [1.82, 2.24) is 19.7 Å². The Hall–Kier alpha value is -4.02. The Bertz CT molecular complexity index is 1660. The van der Waals surface area contributed by atoms with E-state index in [-0.39, 0.29) is 23.1 Å². The van der Waals surface area contributed by atoms with Crippen molar-refractivity contribution in [2.45, 2.75) is 43.4 Å². The van der Waals surface area contributed by atoms with Crippen LogP contribution in [0.15, 0.2) is 73.1 Å². The summed E-state index contributed by atoms with van der Waals surface area (Å²) in [6.07, 6.45) is -1.37. The highest BCUT2D eigenvalue weighted by Crippen LogP contribution is 2.42. The number of anilines is 1. The van der Waals surface area contributed by atoms with E-state index >= 15 is 0 Å². The van der Waals surface area contributed by atoms with Crippen molar-refractivity contribution in [2.24, 2.45) is 7.05 Å². The summed E-state index contributed by atoms with van der Waals surface area (Å²) < 4.78 is 50.6. The number of fused-ring (bicyclic) bond motifs is 1. The lowest BCUT2D eigenvalue weighted by Crippen LogP contribution is -2.49. The minimum Gasteiger partial charge on any atom is -0.379 e. The van der Waals surface area contributed by atoms with Crippen molar-refractivity contribution in [3.63, 3.8) is 0 Å². The summed E-state index contributed by atoms with van der Waals surface area (Å²) in [6.45, 7) is 2.79. The van der Waals surface area contributed by atoms with E-state index in [9.17, 15) is 18.0 Å². The molecule has 0 bridgehead atoms. The Balaban J connectivity index is 1.15. The number of hydrogen-bond acceptors (Lipinski definition) is 5. The molecule has 0 aliphatic carbocycles. The van der Waals surface area contributed by atoms with Crippen LogP contribution in [0.25, 0.3) is 0 Å². The number of halogens is 3. The van der Waals surface area contributed by atoms with Gasteiger partial charge < -0.3 is 14.2 Å². The van der Waals surface area contributed by atoms with Gasteiger partial charge >= 0.3 is 6.18 Å². The molecule has 1 aromatic heterocycles. The van der Waals surface area contributed by atoms with E-state index in [0.29, 0.717) is 43.3 Å². The van der Waals surface area contributed by atoms with Gasteiger partial charge in [0.25, 0.3) is 5.91 Å². The van der Waals surface area contributed by atoms with Crippen LogP contribution in [0.5, 0.6) is 0 Å². The summed E-state index contributed by atoms with van der Waals surface area (Å²) >= 11 is 0. The fourth-order valence-electron chi connectivity index (χ4n) is 6.75. The van der Waals surface area contributed by atoms with Crippen LogP contribution in [0.4, 0.5) is 18.9 Å². The van der Waals surface area contributed by atoms with Crippen LogP contribution in [-0.4, -0.2) is 51.9 Å². The van der Waals surface area contributed by atoms with Crippen molar-refractivity contribution in [2.75, 3.05) is 31.2 Å². The van der Waals surface area contributed by atoms with E-state index in [1.165, 1.54) is 16.5 Å². The van der Waals surface area contributed by atoms with E-state index in [4.69, 9.17) is 4.74 Å². The predicted molar refractivity (Wildman–Crippen MR) is 155 cm³/mol. The SMILES string of the molecule is Cn1cnnc1CC1(c2cccc(N3Cc4c(cc(CN5CC[C@@H](c6ccccc6)C5)cc4C(F)(F)F)C3=O)c2)COC1. The number of hydrogen-bond donors (Lipinski definition) is 0. The first kappa shape index (κ1) is 27.8. The van der Waals surface area contributed by atoms with Gasteiger partial charge in [0.15, 0.2) is 0 Å². The normalized spacial score (nSPS) is 20.0. The molecule has 7 nitrogen and oxygen atoms in total. The second-order valence-corrected chi connectivity index (χ2v) is 12.0. The molecule has 0 saturated carbocycles. The van der Waals surface area contributed by atoms with Crippen LogP contribution in [-0.2, 0) is 42.9 Å². The lowest BCUT2D eigenvalue weighted by molar-refractivity contribution is -0.138. The van der Waals surface area contributed by atoms with Crippen LogP contribution in [0, 0.1) is 0 Å². The molecule has 1 amide bonds. The molecule has 0 radical (unpaired) electrons. The summed E-state index contributed by atoms with van der Waals surface area (Å²) in [5, 5.41) is 8.21. The molecule has 43 heavy (non-hydrogen) atoms. The van der Waals surface area contributed by atoms with Crippen LogP contribution in [0.2, 0.25) is 0 Å². The maximum Gasteiger partial charge on any atom is 0.416 e. The first-order chi connectivity index (χ1) is 20.7. The molecule has 0 spiro atoms. The molecule has 2 saturated heterocycles. The number of rotatable bonds is 7. The monoisotopic (exact) mass is 587 g/mol. The van der Waals surface area contributed by atoms with Crippen LogP contribution in [0.3, 0.4) is 0 Å². The van der Waals surface area contributed by atoms with E-state index in [0.717, 1.165) is 30.9 Å². The number of alkyl halides is 3. The van der Waals surface area contributed by atoms with Crippen molar-refractivity contribution in [1.29, 1.82) is 0 Å². The van der Waals surface area contributed by atoms with E-state index in [1.807, 2.05) is 48.0 Å². The summed E-state index contributed by atoms with van der Waals surface area (Å²) in [5.41, 5.74) is 2.39. The van der Waals surface area contributed by atoms with Crippen molar-refractivity contribution < 1.29 is 22.7 Å². The second-order valence-electron chi connectivity index (χ2n) is 12.0. The van der Waals surface area contributed by atoms with Crippen LogP contribution >= 0.6 is 0 Å². The largest absolute Gasteiger partial charge is 0.416 e. The summed E-state index contributed by atoms with van der Waals surface area (Å²) in [5.74, 6) is 0.754. The Morgan fingerprint density at radius 2 is 1.86 bits per heavy atom. The molecule has 0 unspecified atom stereocenters.